The molecule has 0 N–H and O–H groups in total. The second-order valence-electron chi connectivity index (χ2n) is 4.91. The van der Waals surface area contributed by atoms with Gasteiger partial charge in [0.15, 0.2) is 0 Å². The lowest BCUT2D eigenvalue weighted by Gasteiger charge is -2.26. The van der Waals surface area contributed by atoms with Crippen LogP contribution in [0.4, 0.5) is 0 Å². The molecule has 0 aromatic carbocycles. The van der Waals surface area contributed by atoms with Crippen LogP contribution in [-0.2, 0) is 9.53 Å². The number of rotatable bonds is 3. The number of Topliss-reactive ketones (excluding diaryl/α,β-unsaturated/α-hetero) is 1. The third kappa shape index (κ3) is 3.02. The van der Waals surface area contributed by atoms with E-state index < -0.39 is 0 Å². The number of carbonyl (C=O) groups excluding carboxylic acids is 1. The fourth-order valence-corrected chi connectivity index (χ4v) is 2.79. The van der Waals surface area contributed by atoms with Crippen molar-refractivity contribution in [2.24, 2.45) is 5.92 Å². The molecular weight excluding hydrogens is 190 g/mol. The molecule has 15 heavy (non-hydrogen) atoms. The van der Waals surface area contributed by atoms with Crippen LogP contribution in [0.2, 0.25) is 0 Å². The first kappa shape index (κ1) is 11.1. The lowest BCUT2D eigenvalue weighted by atomic mass is 9.88. The Morgan fingerprint density at radius 1 is 1.47 bits per heavy atom. The van der Waals surface area contributed by atoms with Gasteiger partial charge < -0.3 is 9.64 Å². The largest absolute Gasteiger partial charge is 0.380 e. The maximum Gasteiger partial charge on any atom is 0.133 e. The molecule has 0 aromatic heterocycles. The van der Waals surface area contributed by atoms with Gasteiger partial charge >= 0.3 is 0 Å². The molecule has 86 valence electrons. The molecule has 1 saturated carbocycles. The van der Waals surface area contributed by atoms with Gasteiger partial charge in [0.05, 0.1) is 6.10 Å². The van der Waals surface area contributed by atoms with E-state index in [2.05, 4.69) is 4.90 Å². The Balaban J connectivity index is 1.74. The molecule has 0 bridgehead atoms. The molecule has 0 radical (unpaired) electrons. The molecule has 2 fully saturated rings. The van der Waals surface area contributed by atoms with Crippen molar-refractivity contribution in [1.29, 1.82) is 0 Å². The van der Waals surface area contributed by atoms with Crippen LogP contribution in [0.1, 0.15) is 32.1 Å². The first-order chi connectivity index (χ1) is 7.28. The van der Waals surface area contributed by atoms with E-state index >= 15 is 0 Å². The fraction of sp³-hybridized carbons (Fsp3) is 0.917. The van der Waals surface area contributed by atoms with E-state index in [-0.39, 0.29) is 0 Å². The monoisotopic (exact) mass is 211 g/mol. The maximum atomic E-state index is 11.3. The van der Waals surface area contributed by atoms with Crippen molar-refractivity contribution in [2.45, 2.75) is 38.2 Å². The van der Waals surface area contributed by atoms with Crippen LogP contribution in [0.5, 0.6) is 0 Å². The van der Waals surface area contributed by atoms with Gasteiger partial charge in [-0.3, -0.25) is 4.79 Å². The SMILES string of the molecule is COC1CCN(CC2CCCC(=O)C2)C1. The van der Waals surface area contributed by atoms with Crippen LogP contribution in [0.15, 0.2) is 0 Å². The zero-order valence-corrected chi connectivity index (χ0v) is 9.58. The predicted octanol–water partition coefficient (Wildman–Crippen LogP) is 1.47. The first-order valence-electron chi connectivity index (χ1n) is 6.05. The molecule has 0 amide bonds. The Bertz CT molecular complexity index is 230. The van der Waals surface area contributed by atoms with Crippen LogP contribution in [0.25, 0.3) is 0 Å². The highest BCUT2D eigenvalue weighted by Crippen LogP contribution is 2.24. The number of hydrogen-bond acceptors (Lipinski definition) is 3. The normalized spacial score (nSPS) is 33.5. The van der Waals surface area contributed by atoms with Gasteiger partial charge in [0, 0.05) is 39.6 Å². The number of carbonyl (C=O) groups is 1. The summed E-state index contributed by atoms with van der Waals surface area (Å²) in [6.07, 6.45) is 5.54. The number of ketones is 1. The van der Waals surface area contributed by atoms with Gasteiger partial charge in [-0.2, -0.15) is 0 Å². The van der Waals surface area contributed by atoms with Crippen molar-refractivity contribution in [2.75, 3.05) is 26.7 Å². The predicted molar refractivity (Wildman–Crippen MR) is 58.8 cm³/mol. The van der Waals surface area contributed by atoms with Crippen molar-refractivity contribution < 1.29 is 9.53 Å². The van der Waals surface area contributed by atoms with Gasteiger partial charge in [0.25, 0.3) is 0 Å². The van der Waals surface area contributed by atoms with Crippen LogP contribution in [0, 0.1) is 5.92 Å². The molecule has 1 heterocycles. The minimum Gasteiger partial charge on any atom is -0.380 e. The fourth-order valence-electron chi connectivity index (χ4n) is 2.79. The molecule has 3 nitrogen and oxygen atoms in total. The van der Waals surface area contributed by atoms with Crippen LogP contribution in [0.3, 0.4) is 0 Å². The minimum absolute atomic E-state index is 0.421. The summed E-state index contributed by atoms with van der Waals surface area (Å²) in [6.45, 7) is 3.30. The molecule has 2 atom stereocenters. The Hall–Kier alpha value is -0.410. The van der Waals surface area contributed by atoms with Crippen molar-refractivity contribution in [1.82, 2.24) is 4.90 Å². The number of hydrogen-bond donors (Lipinski definition) is 0. The Morgan fingerprint density at radius 3 is 3.00 bits per heavy atom. The summed E-state index contributed by atoms with van der Waals surface area (Å²) in [5.41, 5.74) is 0. The number of nitrogens with zero attached hydrogens (tertiary/aromatic N) is 1. The summed E-state index contributed by atoms with van der Waals surface area (Å²) in [5, 5.41) is 0. The van der Waals surface area contributed by atoms with Gasteiger partial charge in [0.2, 0.25) is 0 Å². The summed E-state index contributed by atoms with van der Waals surface area (Å²) < 4.78 is 5.34. The zero-order valence-electron chi connectivity index (χ0n) is 9.58. The lowest BCUT2D eigenvalue weighted by Crippen LogP contribution is -2.31. The second kappa shape index (κ2) is 5.08. The van der Waals surface area contributed by atoms with Gasteiger partial charge in [-0.15, -0.1) is 0 Å². The van der Waals surface area contributed by atoms with Crippen molar-refractivity contribution in [3.8, 4) is 0 Å². The average molecular weight is 211 g/mol. The summed E-state index contributed by atoms with van der Waals surface area (Å²) in [7, 11) is 1.79. The van der Waals surface area contributed by atoms with E-state index in [1.165, 1.54) is 6.42 Å². The van der Waals surface area contributed by atoms with Crippen molar-refractivity contribution in [3.63, 3.8) is 0 Å². The molecule has 0 aromatic rings. The van der Waals surface area contributed by atoms with E-state index in [1.807, 2.05) is 0 Å². The molecule has 0 spiro atoms. The summed E-state index contributed by atoms with van der Waals surface area (Å²) in [5.74, 6) is 1.08. The Morgan fingerprint density at radius 2 is 2.33 bits per heavy atom. The summed E-state index contributed by atoms with van der Waals surface area (Å²) >= 11 is 0. The quantitative estimate of drug-likeness (QED) is 0.708. The second-order valence-corrected chi connectivity index (χ2v) is 4.91. The highest BCUT2D eigenvalue weighted by molar-refractivity contribution is 5.79. The van der Waals surface area contributed by atoms with Gasteiger partial charge in [-0.1, -0.05) is 0 Å². The number of ether oxygens (including phenoxy) is 1. The van der Waals surface area contributed by atoms with E-state index in [0.29, 0.717) is 17.8 Å². The molecule has 2 unspecified atom stereocenters. The standard InChI is InChI=1S/C12H21NO2/c1-15-12-5-6-13(9-12)8-10-3-2-4-11(14)7-10/h10,12H,2-9H2,1H3. The minimum atomic E-state index is 0.421. The topological polar surface area (TPSA) is 29.5 Å². The molecule has 2 aliphatic rings. The molecule has 3 heteroatoms. The Kier molecular flexibility index (Phi) is 3.76. The third-order valence-electron chi connectivity index (χ3n) is 3.66. The molecule has 1 saturated heterocycles. The van der Waals surface area contributed by atoms with E-state index in [9.17, 15) is 4.79 Å². The third-order valence-corrected chi connectivity index (χ3v) is 3.66. The molecule has 2 rings (SSSR count). The van der Waals surface area contributed by atoms with E-state index in [4.69, 9.17) is 4.74 Å². The zero-order chi connectivity index (χ0) is 10.7. The van der Waals surface area contributed by atoms with Gasteiger partial charge in [-0.05, 0) is 25.2 Å². The Labute approximate surface area is 91.8 Å². The number of likely N-dealkylation sites (tertiary alicyclic amines) is 1. The van der Waals surface area contributed by atoms with Crippen molar-refractivity contribution >= 4 is 5.78 Å². The van der Waals surface area contributed by atoms with Crippen molar-refractivity contribution in [3.05, 3.63) is 0 Å². The molecular formula is C12H21NO2. The highest BCUT2D eigenvalue weighted by atomic mass is 16.5. The lowest BCUT2D eigenvalue weighted by molar-refractivity contribution is -0.121. The number of methoxy groups -OCH3 is 1. The maximum absolute atomic E-state index is 11.3. The molecule has 1 aliphatic heterocycles. The first-order valence-corrected chi connectivity index (χ1v) is 6.05. The summed E-state index contributed by atoms with van der Waals surface area (Å²) in [4.78, 5) is 13.8. The van der Waals surface area contributed by atoms with E-state index in [0.717, 1.165) is 45.3 Å². The highest BCUT2D eigenvalue weighted by Gasteiger charge is 2.26. The van der Waals surface area contributed by atoms with Gasteiger partial charge in [-0.25, -0.2) is 0 Å². The van der Waals surface area contributed by atoms with Crippen LogP contribution in [-0.4, -0.2) is 43.5 Å². The average Bonchev–Trinajstić information content (AvgIpc) is 2.65. The van der Waals surface area contributed by atoms with Crippen LogP contribution >= 0.6 is 0 Å². The van der Waals surface area contributed by atoms with Crippen LogP contribution < -0.4 is 0 Å². The smallest absolute Gasteiger partial charge is 0.133 e. The summed E-state index contributed by atoms with van der Waals surface area (Å²) in [6, 6.07) is 0. The molecule has 1 aliphatic carbocycles. The van der Waals surface area contributed by atoms with E-state index in [1.54, 1.807) is 7.11 Å². The van der Waals surface area contributed by atoms with Gasteiger partial charge in [0.1, 0.15) is 5.78 Å².